The monoisotopic (exact) mass is 368 g/mol. The molecule has 0 bridgehead atoms. The Labute approximate surface area is 146 Å². The van der Waals surface area contributed by atoms with Gasteiger partial charge in [0.25, 0.3) is 0 Å². The van der Waals surface area contributed by atoms with E-state index in [0.717, 1.165) is 28.2 Å². The molecule has 26 heavy (non-hydrogen) atoms. The highest BCUT2D eigenvalue weighted by molar-refractivity contribution is 6.39. The number of alkyl halides is 3. The molecule has 0 atom stereocenters. The number of fused-ring (bicyclic) bond motifs is 1. The molecule has 0 aliphatic carbocycles. The molecule has 1 aliphatic rings. The summed E-state index contributed by atoms with van der Waals surface area (Å²) in [6, 6.07) is 0. The molecule has 3 rings (SSSR count). The molecule has 2 aromatic rings. The Morgan fingerprint density at radius 2 is 1.96 bits per heavy atom. The van der Waals surface area contributed by atoms with E-state index in [-0.39, 0.29) is 12.5 Å². The summed E-state index contributed by atoms with van der Waals surface area (Å²) < 4.78 is 38.3. The summed E-state index contributed by atoms with van der Waals surface area (Å²) in [6.07, 6.45) is 1.79. The van der Waals surface area contributed by atoms with Gasteiger partial charge in [0.1, 0.15) is 12.9 Å². The minimum Gasteiger partial charge on any atom is -0.334 e. The molecule has 2 amide bonds. The van der Waals surface area contributed by atoms with Crippen molar-refractivity contribution in [2.45, 2.75) is 25.6 Å². The van der Waals surface area contributed by atoms with Crippen molar-refractivity contribution in [1.82, 2.24) is 24.4 Å². The molecule has 138 valence electrons. The van der Waals surface area contributed by atoms with E-state index < -0.39 is 24.5 Å². The van der Waals surface area contributed by atoms with Crippen LogP contribution in [0.2, 0.25) is 0 Å². The Bertz CT molecular complexity index is 793. The highest BCUT2D eigenvalue weighted by Crippen LogP contribution is 2.20. The third kappa shape index (κ3) is 4.16. The molecule has 0 unspecified atom stereocenters. The van der Waals surface area contributed by atoms with Gasteiger partial charge in [-0.15, -0.1) is 0 Å². The maximum absolute atomic E-state index is 12.5. The van der Waals surface area contributed by atoms with Gasteiger partial charge in [0.05, 0.1) is 0 Å². The summed E-state index contributed by atoms with van der Waals surface area (Å²) in [5.74, 6) is -2.19. The molecule has 11 heteroatoms. The summed E-state index contributed by atoms with van der Waals surface area (Å²) in [6.45, 7) is -0.731. The van der Waals surface area contributed by atoms with Crippen LogP contribution in [-0.2, 0) is 29.0 Å². The molecule has 0 saturated carbocycles. The quantitative estimate of drug-likeness (QED) is 0.792. The van der Waals surface area contributed by atoms with Crippen LogP contribution in [0.4, 0.5) is 19.1 Å². The second-order valence-electron chi connectivity index (χ2n) is 5.73. The Morgan fingerprint density at radius 3 is 2.73 bits per heavy atom. The van der Waals surface area contributed by atoms with Crippen LogP contribution in [-0.4, -0.2) is 55.5 Å². The number of nitrogens with zero attached hydrogens (tertiary/aromatic N) is 5. The third-order valence-corrected chi connectivity index (χ3v) is 3.92. The van der Waals surface area contributed by atoms with Crippen LogP contribution in [0.25, 0.3) is 0 Å². The molecule has 0 radical (unpaired) electrons. The van der Waals surface area contributed by atoms with E-state index in [9.17, 15) is 22.8 Å². The predicted molar refractivity (Wildman–Crippen MR) is 82.9 cm³/mol. The Kier molecular flexibility index (Phi) is 4.87. The third-order valence-electron chi connectivity index (χ3n) is 3.92. The highest BCUT2D eigenvalue weighted by Gasteiger charge is 2.30. The van der Waals surface area contributed by atoms with Gasteiger partial charge in [-0.05, 0) is 12.0 Å². The number of aromatic nitrogens is 4. The fraction of sp³-hybridized carbons (Fsp3) is 0.400. The van der Waals surface area contributed by atoms with Crippen LogP contribution in [0.3, 0.4) is 0 Å². The summed E-state index contributed by atoms with van der Waals surface area (Å²) in [5.41, 5.74) is 1.72. The summed E-state index contributed by atoms with van der Waals surface area (Å²) >= 11 is 0. The molecule has 3 heterocycles. The van der Waals surface area contributed by atoms with E-state index in [0.29, 0.717) is 19.4 Å². The minimum absolute atomic E-state index is 0.285. The van der Waals surface area contributed by atoms with E-state index in [4.69, 9.17) is 0 Å². The van der Waals surface area contributed by atoms with Gasteiger partial charge >= 0.3 is 18.0 Å². The Morgan fingerprint density at radius 1 is 1.19 bits per heavy atom. The molecule has 0 fully saturated rings. The number of rotatable bonds is 2. The largest absolute Gasteiger partial charge is 0.406 e. The van der Waals surface area contributed by atoms with Crippen molar-refractivity contribution >= 4 is 17.8 Å². The summed E-state index contributed by atoms with van der Waals surface area (Å²) in [4.78, 5) is 37.6. The normalized spacial score (nSPS) is 14.5. The number of halogens is 3. The maximum atomic E-state index is 12.5. The van der Waals surface area contributed by atoms with Gasteiger partial charge < -0.3 is 9.47 Å². The molecule has 1 aliphatic heterocycles. The minimum atomic E-state index is -4.47. The zero-order valence-corrected chi connectivity index (χ0v) is 13.5. The van der Waals surface area contributed by atoms with Crippen LogP contribution in [0.1, 0.15) is 11.3 Å². The zero-order chi connectivity index (χ0) is 18.7. The van der Waals surface area contributed by atoms with Crippen molar-refractivity contribution in [2.24, 2.45) is 0 Å². The van der Waals surface area contributed by atoms with Crippen LogP contribution in [0, 0.1) is 0 Å². The van der Waals surface area contributed by atoms with Gasteiger partial charge in [0, 0.05) is 43.8 Å². The SMILES string of the molecule is O=C(Nc1nccn1CC(F)(F)F)C(=O)N1CCc2cncnc2CC1. The summed E-state index contributed by atoms with van der Waals surface area (Å²) in [5, 5.41) is 2.15. The van der Waals surface area contributed by atoms with Crippen molar-refractivity contribution in [3.05, 3.63) is 36.2 Å². The first kappa shape index (κ1) is 17.8. The van der Waals surface area contributed by atoms with E-state index >= 15 is 0 Å². The molecule has 8 nitrogen and oxygen atoms in total. The van der Waals surface area contributed by atoms with E-state index in [2.05, 4.69) is 20.3 Å². The molecular weight excluding hydrogens is 353 g/mol. The lowest BCUT2D eigenvalue weighted by Crippen LogP contribution is -2.41. The van der Waals surface area contributed by atoms with Gasteiger partial charge in [-0.25, -0.2) is 15.0 Å². The second-order valence-corrected chi connectivity index (χ2v) is 5.73. The number of nitrogens with one attached hydrogen (secondary N) is 1. The number of anilines is 1. The average molecular weight is 368 g/mol. The van der Waals surface area contributed by atoms with E-state index in [1.54, 1.807) is 6.20 Å². The van der Waals surface area contributed by atoms with Gasteiger partial charge in [0.15, 0.2) is 0 Å². The highest BCUT2D eigenvalue weighted by atomic mass is 19.4. The van der Waals surface area contributed by atoms with Crippen LogP contribution in [0.15, 0.2) is 24.9 Å². The number of hydrogen-bond donors (Lipinski definition) is 1. The molecule has 2 aromatic heterocycles. The molecule has 1 N–H and O–H groups in total. The number of carbonyl (C=O) groups excluding carboxylic acids is 2. The average Bonchev–Trinajstić information content (AvgIpc) is 2.88. The maximum Gasteiger partial charge on any atom is 0.406 e. The standard InChI is InChI=1S/C15H15F3N6O2/c16-15(17,18)8-24-6-3-20-14(24)22-12(25)13(26)23-4-1-10-7-19-9-21-11(10)2-5-23/h3,6-7,9H,1-2,4-5,8H2,(H,20,22,25). The number of carbonyl (C=O) groups is 2. The topological polar surface area (TPSA) is 93.0 Å². The lowest BCUT2D eigenvalue weighted by molar-refractivity contribution is -0.143. The van der Waals surface area contributed by atoms with Crippen molar-refractivity contribution in [3.8, 4) is 0 Å². The van der Waals surface area contributed by atoms with E-state index in [1.165, 1.54) is 11.2 Å². The fourth-order valence-electron chi connectivity index (χ4n) is 2.68. The Balaban J connectivity index is 1.64. The first-order chi connectivity index (χ1) is 12.3. The van der Waals surface area contributed by atoms with Crippen molar-refractivity contribution in [1.29, 1.82) is 0 Å². The van der Waals surface area contributed by atoms with Crippen LogP contribution < -0.4 is 5.32 Å². The molecule has 0 saturated heterocycles. The van der Waals surface area contributed by atoms with Crippen molar-refractivity contribution in [3.63, 3.8) is 0 Å². The zero-order valence-electron chi connectivity index (χ0n) is 13.5. The Hall–Kier alpha value is -2.98. The van der Waals surface area contributed by atoms with Gasteiger partial charge in [0.2, 0.25) is 5.95 Å². The van der Waals surface area contributed by atoms with Gasteiger partial charge in [-0.2, -0.15) is 13.2 Å². The number of hydrogen-bond acceptors (Lipinski definition) is 5. The predicted octanol–water partition coefficient (Wildman–Crippen LogP) is 0.801. The molecule has 0 spiro atoms. The summed E-state index contributed by atoms with van der Waals surface area (Å²) in [7, 11) is 0. The van der Waals surface area contributed by atoms with Gasteiger partial charge in [-0.1, -0.05) is 0 Å². The van der Waals surface area contributed by atoms with E-state index in [1.807, 2.05) is 0 Å². The molecular formula is C15H15F3N6O2. The fourth-order valence-corrected chi connectivity index (χ4v) is 2.68. The first-order valence-corrected chi connectivity index (χ1v) is 7.79. The first-order valence-electron chi connectivity index (χ1n) is 7.79. The van der Waals surface area contributed by atoms with Crippen molar-refractivity contribution in [2.75, 3.05) is 18.4 Å². The van der Waals surface area contributed by atoms with Crippen LogP contribution >= 0.6 is 0 Å². The number of imidazole rings is 1. The number of amides is 2. The lowest BCUT2D eigenvalue weighted by Gasteiger charge is -2.19. The lowest BCUT2D eigenvalue weighted by atomic mass is 10.1. The van der Waals surface area contributed by atoms with Gasteiger partial charge in [-0.3, -0.25) is 14.9 Å². The molecule has 0 aromatic carbocycles. The van der Waals surface area contributed by atoms with Crippen LogP contribution in [0.5, 0.6) is 0 Å². The van der Waals surface area contributed by atoms with Crippen molar-refractivity contribution < 1.29 is 22.8 Å². The second kappa shape index (κ2) is 7.10. The smallest absolute Gasteiger partial charge is 0.334 e.